The van der Waals surface area contributed by atoms with Crippen LogP contribution in [0.15, 0.2) is 59.1 Å². The minimum absolute atomic E-state index is 0.0840. The molecule has 1 aliphatic rings. The topological polar surface area (TPSA) is 45.7 Å². The number of ether oxygens (including phenoxy) is 1. The van der Waals surface area contributed by atoms with Gasteiger partial charge in [0, 0.05) is 42.1 Å². The number of hydrogen-bond donors (Lipinski definition) is 0. The second-order valence-corrected chi connectivity index (χ2v) is 8.29. The SMILES string of the molecule is CC1C(=O)N(C)CCN1CCOc1ccc(-c2ccc3cc(Br)ccc3n2)cc1. The van der Waals surface area contributed by atoms with Crippen LogP contribution in [-0.4, -0.2) is 60.0 Å². The molecule has 0 radical (unpaired) electrons. The first-order valence-corrected chi connectivity index (χ1v) is 10.6. The maximum absolute atomic E-state index is 12.1. The third kappa shape index (κ3) is 4.43. The Labute approximate surface area is 179 Å². The van der Waals surface area contributed by atoms with Crippen molar-refractivity contribution in [1.29, 1.82) is 0 Å². The Morgan fingerprint density at radius 3 is 2.69 bits per heavy atom. The van der Waals surface area contributed by atoms with E-state index < -0.39 is 0 Å². The number of hydrogen-bond acceptors (Lipinski definition) is 4. The molecule has 150 valence electrons. The van der Waals surface area contributed by atoms with Crippen molar-refractivity contribution in [2.75, 3.05) is 33.3 Å². The maximum atomic E-state index is 12.1. The van der Waals surface area contributed by atoms with Crippen LogP contribution in [0.4, 0.5) is 0 Å². The average molecular weight is 454 g/mol. The molecule has 1 unspecified atom stereocenters. The second-order valence-electron chi connectivity index (χ2n) is 7.38. The van der Waals surface area contributed by atoms with E-state index in [0.717, 1.165) is 52.0 Å². The van der Waals surface area contributed by atoms with Gasteiger partial charge in [0.05, 0.1) is 17.3 Å². The number of piperazine rings is 1. The second kappa shape index (κ2) is 8.51. The van der Waals surface area contributed by atoms with Crippen molar-refractivity contribution < 1.29 is 9.53 Å². The van der Waals surface area contributed by atoms with E-state index in [1.807, 2.05) is 56.4 Å². The number of likely N-dealkylation sites (N-methyl/N-ethyl adjacent to an activating group) is 1. The number of rotatable bonds is 5. The summed E-state index contributed by atoms with van der Waals surface area (Å²) in [4.78, 5) is 20.8. The number of carbonyl (C=O) groups excluding carboxylic acids is 1. The lowest BCUT2D eigenvalue weighted by Gasteiger charge is -2.37. The molecule has 1 aliphatic heterocycles. The summed E-state index contributed by atoms with van der Waals surface area (Å²) in [7, 11) is 1.86. The van der Waals surface area contributed by atoms with Crippen LogP contribution in [0.25, 0.3) is 22.2 Å². The fourth-order valence-corrected chi connectivity index (χ4v) is 4.00. The normalized spacial score (nSPS) is 17.7. The van der Waals surface area contributed by atoms with Crippen LogP contribution < -0.4 is 4.74 Å². The predicted octanol–water partition coefficient (Wildman–Crippen LogP) is 4.21. The molecule has 0 saturated carbocycles. The fraction of sp³-hybridized carbons (Fsp3) is 0.304. The molecule has 1 atom stereocenters. The van der Waals surface area contributed by atoms with Crippen molar-refractivity contribution in [2.45, 2.75) is 13.0 Å². The predicted molar refractivity (Wildman–Crippen MR) is 119 cm³/mol. The lowest BCUT2D eigenvalue weighted by Crippen LogP contribution is -2.55. The molecule has 1 aromatic heterocycles. The van der Waals surface area contributed by atoms with Gasteiger partial charge in [0.2, 0.25) is 5.91 Å². The zero-order chi connectivity index (χ0) is 20.4. The van der Waals surface area contributed by atoms with E-state index in [2.05, 4.69) is 33.0 Å². The number of fused-ring (bicyclic) bond motifs is 1. The molecule has 1 saturated heterocycles. The number of nitrogens with zero attached hydrogens (tertiary/aromatic N) is 3. The minimum Gasteiger partial charge on any atom is -0.492 e. The summed E-state index contributed by atoms with van der Waals surface area (Å²) in [6.45, 7) is 4.92. The molecule has 0 aliphatic carbocycles. The van der Waals surface area contributed by atoms with E-state index in [0.29, 0.717) is 6.61 Å². The lowest BCUT2D eigenvalue weighted by molar-refractivity contribution is -0.139. The van der Waals surface area contributed by atoms with Crippen molar-refractivity contribution in [3.8, 4) is 17.0 Å². The van der Waals surface area contributed by atoms with Crippen molar-refractivity contribution in [1.82, 2.24) is 14.8 Å². The highest BCUT2D eigenvalue weighted by molar-refractivity contribution is 9.10. The molecule has 6 heteroatoms. The third-order valence-electron chi connectivity index (χ3n) is 5.45. The lowest BCUT2D eigenvalue weighted by atomic mass is 10.1. The Morgan fingerprint density at radius 2 is 1.90 bits per heavy atom. The standard InChI is InChI=1S/C23H24BrN3O2/c1-16-23(28)26(2)11-12-27(16)13-14-29-20-7-3-17(4-8-20)21-9-5-18-15-19(24)6-10-22(18)25-21/h3-10,15-16H,11-14H2,1-2H3. The summed E-state index contributed by atoms with van der Waals surface area (Å²) in [5, 5.41) is 1.11. The quantitative estimate of drug-likeness (QED) is 0.580. The van der Waals surface area contributed by atoms with Gasteiger partial charge < -0.3 is 9.64 Å². The number of carbonyl (C=O) groups is 1. The third-order valence-corrected chi connectivity index (χ3v) is 5.95. The van der Waals surface area contributed by atoms with Gasteiger partial charge in [0.25, 0.3) is 0 Å². The van der Waals surface area contributed by atoms with E-state index >= 15 is 0 Å². The van der Waals surface area contributed by atoms with Gasteiger partial charge in [-0.15, -0.1) is 0 Å². The summed E-state index contributed by atoms with van der Waals surface area (Å²) >= 11 is 3.50. The monoisotopic (exact) mass is 453 g/mol. The van der Waals surface area contributed by atoms with E-state index in [4.69, 9.17) is 9.72 Å². The van der Waals surface area contributed by atoms with E-state index in [1.165, 1.54) is 0 Å². The molecule has 4 rings (SSSR count). The van der Waals surface area contributed by atoms with Crippen molar-refractivity contribution in [3.05, 3.63) is 59.1 Å². The highest BCUT2D eigenvalue weighted by atomic mass is 79.9. The zero-order valence-corrected chi connectivity index (χ0v) is 18.2. The molecule has 2 heterocycles. The molecule has 0 bridgehead atoms. The molecule has 0 spiro atoms. The molecule has 2 aromatic carbocycles. The Hall–Kier alpha value is -2.44. The van der Waals surface area contributed by atoms with Gasteiger partial charge in [0.1, 0.15) is 12.4 Å². The summed E-state index contributed by atoms with van der Waals surface area (Å²) in [6, 6.07) is 18.1. The number of amides is 1. The first-order chi connectivity index (χ1) is 14.0. The first-order valence-electron chi connectivity index (χ1n) is 9.80. The van der Waals surface area contributed by atoms with Crippen LogP contribution in [0.3, 0.4) is 0 Å². The number of aromatic nitrogens is 1. The van der Waals surface area contributed by atoms with Gasteiger partial charge >= 0.3 is 0 Å². The van der Waals surface area contributed by atoms with Gasteiger partial charge in [-0.1, -0.05) is 22.0 Å². The summed E-state index contributed by atoms with van der Waals surface area (Å²) < 4.78 is 6.95. The Kier molecular flexibility index (Phi) is 5.83. The van der Waals surface area contributed by atoms with Gasteiger partial charge in [-0.25, -0.2) is 4.98 Å². The minimum atomic E-state index is -0.0840. The van der Waals surface area contributed by atoms with Crippen LogP contribution in [-0.2, 0) is 4.79 Å². The van der Waals surface area contributed by atoms with Gasteiger partial charge in [-0.2, -0.15) is 0 Å². The summed E-state index contributed by atoms with van der Waals surface area (Å²) in [5.41, 5.74) is 2.97. The number of benzene rings is 2. The number of pyridine rings is 1. The Bertz CT molecular complexity index is 1020. The summed E-state index contributed by atoms with van der Waals surface area (Å²) in [5.74, 6) is 1.00. The van der Waals surface area contributed by atoms with E-state index in [1.54, 1.807) is 4.90 Å². The summed E-state index contributed by atoms with van der Waals surface area (Å²) in [6.07, 6.45) is 0. The molecule has 29 heavy (non-hydrogen) atoms. The van der Waals surface area contributed by atoms with Crippen molar-refractivity contribution in [3.63, 3.8) is 0 Å². The van der Waals surface area contributed by atoms with Gasteiger partial charge in [-0.3, -0.25) is 9.69 Å². The van der Waals surface area contributed by atoms with E-state index in [9.17, 15) is 4.79 Å². The smallest absolute Gasteiger partial charge is 0.239 e. The van der Waals surface area contributed by atoms with Crippen LogP contribution >= 0.6 is 15.9 Å². The Morgan fingerprint density at radius 1 is 1.10 bits per heavy atom. The maximum Gasteiger partial charge on any atom is 0.239 e. The zero-order valence-electron chi connectivity index (χ0n) is 16.6. The largest absolute Gasteiger partial charge is 0.492 e. The van der Waals surface area contributed by atoms with Crippen molar-refractivity contribution in [2.24, 2.45) is 0 Å². The molecule has 0 N–H and O–H groups in total. The molecule has 5 nitrogen and oxygen atoms in total. The molecular formula is C23H24BrN3O2. The molecule has 3 aromatic rings. The highest BCUT2D eigenvalue weighted by Gasteiger charge is 2.28. The molecule has 1 amide bonds. The van der Waals surface area contributed by atoms with Crippen LogP contribution in [0.5, 0.6) is 5.75 Å². The first kappa shape index (κ1) is 19.9. The van der Waals surface area contributed by atoms with Gasteiger partial charge in [0.15, 0.2) is 0 Å². The van der Waals surface area contributed by atoms with Crippen molar-refractivity contribution >= 4 is 32.7 Å². The fourth-order valence-electron chi connectivity index (χ4n) is 3.62. The average Bonchev–Trinajstić information content (AvgIpc) is 2.74. The van der Waals surface area contributed by atoms with Gasteiger partial charge in [-0.05, 0) is 55.5 Å². The van der Waals surface area contributed by atoms with E-state index in [-0.39, 0.29) is 11.9 Å². The van der Waals surface area contributed by atoms with Crippen LogP contribution in [0.2, 0.25) is 0 Å². The van der Waals surface area contributed by atoms with Crippen LogP contribution in [0, 0.1) is 0 Å². The Balaban J connectivity index is 1.37. The number of halogens is 1. The molecular weight excluding hydrogens is 430 g/mol. The molecule has 1 fully saturated rings. The van der Waals surface area contributed by atoms with Crippen LogP contribution in [0.1, 0.15) is 6.92 Å². The highest BCUT2D eigenvalue weighted by Crippen LogP contribution is 2.25.